The standard InChI is InChI=1S/C16H19N5O2/c1-9-6-10(2)13(11(3)7-9)21-12(22)8-20-16(23)14-15(17)19-5-4-18-14/h4-7H,8H2,1-3H3,(H2,17,19)(H,20,23)(H,21,22). The Hall–Kier alpha value is -2.96. The van der Waals surface area contributed by atoms with E-state index in [1.165, 1.54) is 12.4 Å². The Labute approximate surface area is 134 Å². The Morgan fingerprint density at radius 2 is 1.70 bits per heavy atom. The van der Waals surface area contributed by atoms with Crippen molar-refractivity contribution < 1.29 is 9.59 Å². The average molecular weight is 313 g/mol. The quantitative estimate of drug-likeness (QED) is 0.789. The minimum atomic E-state index is -0.539. The number of amides is 2. The van der Waals surface area contributed by atoms with E-state index in [1.807, 2.05) is 32.9 Å². The van der Waals surface area contributed by atoms with Gasteiger partial charge in [-0.25, -0.2) is 9.97 Å². The highest BCUT2D eigenvalue weighted by Crippen LogP contribution is 2.21. The zero-order valence-corrected chi connectivity index (χ0v) is 13.3. The summed E-state index contributed by atoms with van der Waals surface area (Å²) >= 11 is 0. The number of aromatic nitrogens is 2. The molecule has 2 aromatic rings. The molecule has 1 aromatic carbocycles. The van der Waals surface area contributed by atoms with E-state index in [2.05, 4.69) is 20.6 Å². The lowest BCUT2D eigenvalue weighted by atomic mass is 10.1. The van der Waals surface area contributed by atoms with Crippen LogP contribution in [0, 0.1) is 20.8 Å². The smallest absolute Gasteiger partial charge is 0.274 e. The predicted octanol–water partition coefficient (Wildman–Crippen LogP) is 1.35. The summed E-state index contributed by atoms with van der Waals surface area (Å²) in [7, 11) is 0. The molecule has 2 rings (SSSR count). The highest BCUT2D eigenvalue weighted by Gasteiger charge is 2.14. The molecule has 7 nitrogen and oxygen atoms in total. The molecule has 0 saturated heterocycles. The van der Waals surface area contributed by atoms with Crippen LogP contribution in [-0.4, -0.2) is 28.3 Å². The van der Waals surface area contributed by atoms with Crippen molar-refractivity contribution in [2.24, 2.45) is 0 Å². The normalized spacial score (nSPS) is 10.2. The first-order chi connectivity index (χ1) is 10.9. The molecule has 7 heteroatoms. The number of carbonyl (C=O) groups excluding carboxylic acids is 2. The van der Waals surface area contributed by atoms with Crippen LogP contribution in [0.3, 0.4) is 0 Å². The van der Waals surface area contributed by atoms with Crippen molar-refractivity contribution in [3.63, 3.8) is 0 Å². The number of nitrogen functional groups attached to an aromatic ring is 1. The molecule has 23 heavy (non-hydrogen) atoms. The van der Waals surface area contributed by atoms with Gasteiger partial charge in [0, 0.05) is 18.1 Å². The summed E-state index contributed by atoms with van der Waals surface area (Å²) in [5, 5.41) is 5.28. The number of rotatable bonds is 4. The number of hydrogen-bond acceptors (Lipinski definition) is 5. The van der Waals surface area contributed by atoms with Gasteiger partial charge < -0.3 is 16.4 Å². The van der Waals surface area contributed by atoms with Crippen LogP contribution in [0.5, 0.6) is 0 Å². The Bertz CT molecular complexity index is 735. The van der Waals surface area contributed by atoms with E-state index in [1.54, 1.807) is 0 Å². The summed E-state index contributed by atoms with van der Waals surface area (Å²) in [6, 6.07) is 3.98. The van der Waals surface area contributed by atoms with Crippen molar-refractivity contribution in [3.05, 3.63) is 46.9 Å². The second kappa shape index (κ2) is 6.87. The van der Waals surface area contributed by atoms with Gasteiger partial charge >= 0.3 is 0 Å². The Balaban J connectivity index is 1.99. The molecule has 0 saturated carbocycles. The molecular weight excluding hydrogens is 294 g/mol. The number of nitrogens with zero attached hydrogens (tertiary/aromatic N) is 2. The summed E-state index contributed by atoms with van der Waals surface area (Å²) in [6.45, 7) is 5.67. The van der Waals surface area contributed by atoms with Gasteiger partial charge in [0.2, 0.25) is 5.91 Å². The van der Waals surface area contributed by atoms with E-state index in [4.69, 9.17) is 5.73 Å². The molecule has 0 spiro atoms. The summed E-state index contributed by atoms with van der Waals surface area (Å²) in [5.41, 5.74) is 9.41. The number of aryl methyl sites for hydroxylation is 3. The van der Waals surface area contributed by atoms with Crippen molar-refractivity contribution in [1.82, 2.24) is 15.3 Å². The molecular formula is C16H19N5O2. The molecule has 1 heterocycles. The first-order valence-electron chi connectivity index (χ1n) is 7.11. The number of carbonyl (C=O) groups is 2. The van der Waals surface area contributed by atoms with Gasteiger partial charge in [-0.05, 0) is 31.9 Å². The average Bonchev–Trinajstić information content (AvgIpc) is 2.49. The van der Waals surface area contributed by atoms with Gasteiger partial charge in [-0.3, -0.25) is 9.59 Å². The molecule has 120 valence electrons. The number of anilines is 2. The van der Waals surface area contributed by atoms with Crippen LogP contribution in [0.25, 0.3) is 0 Å². The second-order valence-electron chi connectivity index (χ2n) is 5.29. The fourth-order valence-electron chi connectivity index (χ4n) is 2.33. The van der Waals surface area contributed by atoms with Gasteiger partial charge in [0.15, 0.2) is 11.5 Å². The third-order valence-corrected chi connectivity index (χ3v) is 3.29. The van der Waals surface area contributed by atoms with Crippen molar-refractivity contribution >= 4 is 23.3 Å². The maximum absolute atomic E-state index is 12.0. The fourth-order valence-corrected chi connectivity index (χ4v) is 2.33. The van der Waals surface area contributed by atoms with Gasteiger partial charge in [-0.1, -0.05) is 17.7 Å². The van der Waals surface area contributed by atoms with E-state index >= 15 is 0 Å². The van der Waals surface area contributed by atoms with Crippen LogP contribution < -0.4 is 16.4 Å². The van der Waals surface area contributed by atoms with Crippen molar-refractivity contribution in [3.8, 4) is 0 Å². The largest absolute Gasteiger partial charge is 0.382 e. The fraction of sp³-hybridized carbons (Fsp3) is 0.250. The molecule has 1 aromatic heterocycles. The first kappa shape index (κ1) is 16.4. The molecule has 0 radical (unpaired) electrons. The van der Waals surface area contributed by atoms with E-state index < -0.39 is 5.91 Å². The predicted molar refractivity (Wildman–Crippen MR) is 88.1 cm³/mol. The van der Waals surface area contributed by atoms with Crippen LogP contribution >= 0.6 is 0 Å². The maximum Gasteiger partial charge on any atom is 0.274 e. The van der Waals surface area contributed by atoms with Crippen molar-refractivity contribution in [2.75, 3.05) is 17.6 Å². The zero-order chi connectivity index (χ0) is 17.0. The molecule has 0 unspecified atom stereocenters. The van der Waals surface area contributed by atoms with E-state index in [-0.39, 0.29) is 24.0 Å². The van der Waals surface area contributed by atoms with Gasteiger partial charge in [-0.2, -0.15) is 0 Å². The number of benzene rings is 1. The van der Waals surface area contributed by atoms with Gasteiger partial charge in [-0.15, -0.1) is 0 Å². The lowest BCUT2D eigenvalue weighted by molar-refractivity contribution is -0.115. The highest BCUT2D eigenvalue weighted by molar-refractivity contribution is 6.00. The molecule has 0 fully saturated rings. The third kappa shape index (κ3) is 4.03. The molecule has 0 atom stereocenters. The maximum atomic E-state index is 12.0. The zero-order valence-electron chi connectivity index (χ0n) is 13.3. The van der Waals surface area contributed by atoms with Gasteiger partial charge in [0.05, 0.1) is 6.54 Å². The Morgan fingerprint density at radius 3 is 2.30 bits per heavy atom. The van der Waals surface area contributed by atoms with E-state index in [0.717, 1.165) is 22.4 Å². The van der Waals surface area contributed by atoms with E-state index in [0.29, 0.717) is 0 Å². The lowest BCUT2D eigenvalue weighted by Crippen LogP contribution is -2.34. The Morgan fingerprint density at radius 1 is 1.09 bits per heavy atom. The summed E-state index contributed by atoms with van der Waals surface area (Å²) in [5.74, 6) is -0.838. The molecule has 4 N–H and O–H groups in total. The van der Waals surface area contributed by atoms with E-state index in [9.17, 15) is 9.59 Å². The van der Waals surface area contributed by atoms with Gasteiger partial charge in [0.1, 0.15) is 0 Å². The SMILES string of the molecule is Cc1cc(C)c(NC(=O)CNC(=O)c2nccnc2N)c(C)c1. The molecule has 0 bridgehead atoms. The minimum absolute atomic E-state index is 0.00278. The van der Waals surface area contributed by atoms with Crippen LogP contribution in [0.4, 0.5) is 11.5 Å². The number of nitrogens with one attached hydrogen (secondary N) is 2. The van der Waals surface area contributed by atoms with Crippen LogP contribution in [0.2, 0.25) is 0 Å². The summed E-state index contributed by atoms with van der Waals surface area (Å²) in [4.78, 5) is 31.6. The molecule has 0 aliphatic rings. The summed E-state index contributed by atoms with van der Waals surface area (Å²) in [6.07, 6.45) is 2.76. The van der Waals surface area contributed by atoms with Crippen LogP contribution in [0.1, 0.15) is 27.2 Å². The van der Waals surface area contributed by atoms with Crippen LogP contribution in [-0.2, 0) is 4.79 Å². The molecule has 0 aliphatic heterocycles. The number of nitrogens with two attached hydrogens (primary N) is 1. The monoisotopic (exact) mass is 313 g/mol. The Kier molecular flexibility index (Phi) is 4.90. The van der Waals surface area contributed by atoms with Crippen LogP contribution in [0.15, 0.2) is 24.5 Å². The molecule has 0 aliphatic carbocycles. The first-order valence-corrected chi connectivity index (χ1v) is 7.11. The third-order valence-electron chi connectivity index (χ3n) is 3.29. The minimum Gasteiger partial charge on any atom is -0.382 e. The highest BCUT2D eigenvalue weighted by atomic mass is 16.2. The summed E-state index contributed by atoms with van der Waals surface area (Å²) < 4.78 is 0. The van der Waals surface area contributed by atoms with Gasteiger partial charge in [0.25, 0.3) is 5.91 Å². The number of hydrogen-bond donors (Lipinski definition) is 3. The van der Waals surface area contributed by atoms with Crippen molar-refractivity contribution in [1.29, 1.82) is 0 Å². The second-order valence-corrected chi connectivity index (χ2v) is 5.29. The molecule has 2 amide bonds. The topological polar surface area (TPSA) is 110 Å². The lowest BCUT2D eigenvalue weighted by Gasteiger charge is -2.13. The van der Waals surface area contributed by atoms with Crippen molar-refractivity contribution in [2.45, 2.75) is 20.8 Å².